The van der Waals surface area contributed by atoms with Gasteiger partial charge in [0.1, 0.15) is 11.5 Å². The molecule has 3 aromatic rings. The van der Waals surface area contributed by atoms with Crippen molar-refractivity contribution >= 4 is 56.4 Å². The Bertz CT molecular complexity index is 1510. The highest BCUT2D eigenvalue weighted by atomic mass is 35.5. The number of ether oxygens (including phenoxy) is 2. The van der Waals surface area contributed by atoms with E-state index in [0.29, 0.717) is 11.3 Å². The van der Waals surface area contributed by atoms with Crippen LogP contribution in [0.1, 0.15) is 17.2 Å². The van der Waals surface area contributed by atoms with Crippen LogP contribution in [0.5, 0.6) is 11.5 Å². The van der Waals surface area contributed by atoms with Crippen LogP contribution in [0.25, 0.3) is 5.76 Å². The van der Waals surface area contributed by atoms with Gasteiger partial charge in [0, 0.05) is 11.3 Å². The van der Waals surface area contributed by atoms with Crippen LogP contribution in [0, 0.1) is 0 Å². The van der Waals surface area contributed by atoms with Crippen LogP contribution >= 0.6 is 23.2 Å². The number of primary sulfonamides is 1. The van der Waals surface area contributed by atoms with Gasteiger partial charge in [-0.05, 0) is 54.1 Å². The van der Waals surface area contributed by atoms with Gasteiger partial charge in [0.2, 0.25) is 10.0 Å². The number of nitrogens with two attached hydrogens (primary N) is 1. The van der Waals surface area contributed by atoms with E-state index in [9.17, 15) is 23.1 Å². The number of carbonyl (C=O) groups is 2. The highest BCUT2D eigenvalue weighted by Gasteiger charge is 2.47. The van der Waals surface area contributed by atoms with E-state index in [0.717, 1.165) is 4.90 Å². The third kappa shape index (κ3) is 4.88. The van der Waals surface area contributed by atoms with Crippen molar-refractivity contribution in [2.45, 2.75) is 10.9 Å². The zero-order valence-corrected chi connectivity index (χ0v) is 21.8. The molecule has 4 rings (SSSR count). The van der Waals surface area contributed by atoms with Crippen molar-refractivity contribution in [2.75, 3.05) is 19.1 Å². The molecule has 0 aliphatic carbocycles. The number of ketones is 1. The lowest BCUT2D eigenvalue weighted by Gasteiger charge is -2.25. The van der Waals surface area contributed by atoms with Crippen molar-refractivity contribution in [2.24, 2.45) is 5.14 Å². The van der Waals surface area contributed by atoms with Crippen LogP contribution < -0.4 is 19.5 Å². The number of rotatable bonds is 6. The molecule has 9 nitrogen and oxygen atoms in total. The molecule has 0 bridgehead atoms. The van der Waals surface area contributed by atoms with Crippen molar-refractivity contribution in [3.63, 3.8) is 0 Å². The minimum absolute atomic E-state index is 0.0883. The normalized spacial score (nSPS) is 17.2. The SMILES string of the molecule is COc1ccc(C2/C(=C(\O)c3cc(Cl)c(OC)c(Cl)c3)C(=O)C(=O)N2c2ccc(S(N)(=O)=O)cc2)cc1. The molecule has 0 spiro atoms. The molecule has 1 amide bonds. The van der Waals surface area contributed by atoms with Gasteiger partial charge in [-0.2, -0.15) is 0 Å². The van der Waals surface area contributed by atoms with Gasteiger partial charge < -0.3 is 14.6 Å². The largest absolute Gasteiger partial charge is 0.507 e. The van der Waals surface area contributed by atoms with Crippen molar-refractivity contribution < 1.29 is 32.6 Å². The molecule has 0 radical (unpaired) electrons. The monoisotopic (exact) mass is 562 g/mol. The summed E-state index contributed by atoms with van der Waals surface area (Å²) in [5.41, 5.74) is 0.558. The molecule has 37 heavy (non-hydrogen) atoms. The quantitative estimate of drug-likeness (QED) is 0.260. The molecule has 1 saturated heterocycles. The Morgan fingerprint density at radius 3 is 2.00 bits per heavy atom. The molecule has 12 heteroatoms. The predicted molar refractivity (Wildman–Crippen MR) is 139 cm³/mol. The molecule has 1 unspecified atom stereocenters. The van der Waals surface area contributed by atoms with Gasteiger partial charge in [-0.25, -0.2) is 13.6 Å². The fourth-order valence-electron chi connectivity index (χ4n) is 4.04. The van der Waals surface area contributed by atoms with E-state index < -0.39 is 33.5 Å². The minimum atomic E-state index is -3.98. The highest BCUT2D eigenvalue weighted by Crippen LogP contribution is 2.44. The number of anilines is 1. The molecule has 1 heterocycles. The van der Waals surface area contributed by atoms with Crippen molar-refractivity contribution in [3.8, 4) is 11.5 Å². The Hall–Kier alpha value is -3.57. The summed E-state index contributed by atoms with van der Waals surface area (Å²) in [6, 6.07) is 13.3. The number of aliphatic hydroxyl groups excluding tert-OH is 1. The van der Waals surface area contributed by atoms with Crippen LogP contribution in [0.4, 0.5) is 5.69 Å². The van der Waals surface area contributed by atoms with E-state index >= 15 is 0 Å². The predicted octanol–water partition coefficient (Wildman–Crippen LogP) is 4.28. The maximum Gasteiger partial charge on any atom is 0.300 e. The Morgan fingerprint density at radius 1 is 0.946 bits per heavy atom. The lowest BCUT2D eigenvalue weighted by Crippen LogP contribution is -2.29. The minimum Gasteiger partial charge on any atom is -0.507 e. The zero-order chi connectivity index (χ0) is 27.1. The van der Waals surface area contributed by atoms with Gasteiger partial charge in [0.15, 0.2) is 5.75 Å². The highest BCUT2D eigenvalue weighted by molar-refractivity contribution is 7.89. The van der Waals surface area contributed by atoms with Gasteiger partial charge in [-0.3, -0.25) is 14.5 Å². The van der Waals surface area contributed by atoms with Gasteiger partial charge in [-0.15, -0.1) is 0 Å². The molecule has 0 saturated carbocycles. The van der Waals surface area contributed by atoms with Crippen molar-refractivity contribution in [1.82, 2.24) is 0 Å². The summed E-state index contributed by atoms with van der Waals surface area (Å²) in [7, 11) is -1.11. The average molecular weight is 563 g/mol. The average Bonchev–Trinajstić information content (AvgIpc) is 3.13. The number of nitrogens with zero attached hydrogens (tertiary/aromatic N) is 1. The van der Waals surface area contributed by atoms with Crippen molar-refractivity contribution in [1.29, 1.82) is 0 Å². The standard InChI is InChI=1S/C25H20Cl2N2O7S/c1-35-16-7-3-13(4-8-16)21-20(22(30)14-11-18(26)24(36-2)19(27)12-14)23(31)25(32)29(21)15-5-9-17(10-6-15)37(28,33)34/h3-12,21,30H,1-2H3,(H2,28,33,34)/b22-20+. The number of hydrogen-bond donors (Lipinski definition) is 2. The summed E-state index contributed by atoms with van der Waals surface area (Å²) in [6.07, 6.45) is 0. The molecule has 1 aliphatic rings. The summed E-state index contributed by atoms with van der Waals surface area (Å²) in [5.74, 6) is -1.68. The van der Waals surface area contributed by atoms with E-state index in [-0.39, 0.29) is 37.5 Å². The fraction of sp³-hybridized carbons (Fsp3) is 0.120. The van der Waals surface area contributed by atoms with Crippen LogP contribution in [0.2, 0.25) is 10.0 Å². The molecular formula is C25H20Cl2N2O7S. The fourth-order valence-corrected chi connectivity index (χ4v) is 5.20. The lowest BCUT2D eigenvalue weighted by molar-refractivity contribution is -0.132. The second kappa shape index (κ2) is 10.1. The van der Waals surface area contributed by atoms with E-state index in [1.165, 1.54) is 50.6 Å². The first-order valence-corrected chi connectivity index (χ1v) is 12.9. The summed E-state index contributed by atoms with van der Waals surface area (Å²) < 4.78 is 33.7. The Balaban J connectivity index is 1.94. The number of carbonyl (C=O) groups excluding carboxylic acids is 2. The Kier molecular flexibility index (Phi) is 7.20. The number of hydrogen-bond acceptors (Lipinski definition) is 7. The Morgan fingerprint density at radius 2 is 1.51 bits per heavy atom. The number of halogens is 2. The van der Waals surface area contributed by atoms with Crippen LogP contribution in [0.15, 0.2) is 71.1 Å². The number of methoxy groups -OCH3 is 2. The summed E-state index contributed by atoms with van der Waals surface area (Å²) in [6.45, 7) is 0. The second-order valence-electron chi connectivity index (χ2n) is 7.95. The number of aliphatic hydroxyl groups is 1. The summed E-state index contributed by atoms with van der Waals surface area (Å²) >= 11 is 12.5. The van der Waals surface area contributed by atoms with Gasteiger partial charge >= 0.3 is 0 Å². The zero-order valence-electron chi connectivity index (χ0n) is 19.4. The molecular weight excluding hydrogens is 543 g/mol. The third-order valence-electron chi connectivity index (χ3n) is 5.80. The van der Waals surface area contributed by atoms with E-state index in [2.05, 4.69) is 0 Å². The van der Waals surface area contributed by atoms with E-state index in [1.807, 2.05) is 0 Å². The van der Waals surface area contributed by atoms with Crippen LogP contribution in [-0.4, -0.2) is 39.4 Å². The number of amides is 1. The topological polar surface area (TPSA) is 136 Å². The second-order valence-corrected chi connectivity index (χ2v) is 10.3. The first-order chi connectivity index (χ1) is 17.5. The molecule has 1 aliphatic heterocycles. The molecule has 0 aromatic heterocycles. The molecule has 3 aromatic carbocycles. The molecule has 1 atom stereocenters. The van der Waals surface area contributed by atoms with Gasteiger partial charge in [0.05, 0.1) is 40.8 Å². The maximum atomic E-state index is 13.3. The summed E-state index contributed by atoms with van der Waals surface area (Å²) in [4.78, 5) is 27.5. The van der Waals surface area contributed by atoms with Crippen LogP contribution in [0.3, 0.4) is 0 Å². The van der Waals surface area contributed by atoms with Gasteiger partial charge in [0.25, 0.3) is 11.7 Å². The number of sulfonamides is 1. The first kappa shape index (κ1) is 26.5. The van der Waals surface area contributed by atoms with E-state index in [4.69, 9.17) is 37.8 Å². The molecule has 192 valence electrons. The number of benzene rings is 3. The molecule has 3 N–H and O–H groups in total. The van der Waals surface area contributed by atoms with Crippen molar-refractivity contribution in [3.05, 3.63) is 87.4 Å². The van der Waals surface area contributed by atoms with Gasteiger partial charge in [-0.1, -0.05) is 35.3 Å². The summed E-state index contributed by atoms with van der Waals surface area (Å²) in [5, 5.41) is 16.6. The van der Waals surface area contributed by atoms with E-state index in [1.54, 1.807) is 24.3 Å². The smallest absolute Gasteiger partial charge is 0.300 e. The maximum absolute atomic E-state index is 13.3. The first-order valence-electron chi connectivity index (χ1n) is 10.6. The molecule has 1 fully saturated rings. The van der Waals surface area contributed by atoms with Crippen LogP contribution in [-0.2, 0) is 19.6 Å². The third-order valence-corrected chi connectivity index (χ3v) is 7.29. The number of Topliss-reactive ketones (excluding diaryl/α,β-unsaturated/α-hetero) is 1. The Labute approximate surface area is 222 Å². The lowest BCUT2D eigenvalue weighted by atomic mass is 9.95.